The average molecular weight is 422 g/mol. The molecule has 0 aliphatic carbocycles. The maximum Gasteiger partial charge on any atom is 0.416 e. The highest BCUT2D eigenvalue weighted by Crippen LogP contribution is 2.30. The average Bonchev–Trinajstić information content (AvgIpc) is 2.65. The zero-order valence-corrected chi connectivity index (χ0v) is 15.1. The Bertz CT molecular complexity index is 778. The predicted molar refractivity (Wildman–Crippen MR) is 94.1 cm³/mol. The molecular formula is C19H20F6N2O2. The minimum atomic E-state index is -4.45. The molecule has 160 valence electrons. The number of aliphatic hydroxyl groups excluding tert-OH is 1. The summed E-state index contributed by atoms with van der Waals surface area (Å²) in [6, 6.07) is 7.96. The lowest BCUT2D eigenvalue weighted by Gasteiger charge is -2.20. The van der Waals surface area contributed by atoms with Crippen LogP contribution >= 0.6 is 0 Å². The van der Waals surface area contributed by atoms with Gasteiger partial charge < -0.3 is 20.9 Å². The summed E-state index contributed by atoms with van der Waals surface area (Å²) in [5, 5.41) is 12.8. The second-order valence-corrected chi connectivity index (χ2v) is 6.39. The van der Waals surface area contributed by atoms with E-state index in [1.54, 1.807) is 0 Å². The predicted octanol–water partition coefficient (Wildman–Crippen LogP) is 3.58. The van der Waals surface area contributed by atoms with Gasteiger partial charge >= 0.3 is 12.4 Å². The number of alkyl halides is 6. The second-order valence-electron chi connectivity index (χ2n) is 6.39. The van der Waals surface area contributed by atoms with Crippen LogP contribution in [0.1, 0.15) is 16.7 Å². The second kappa shape index (κ2) is 9.47. The van der Waals surface area contributed by atoms with Crippen LogP contribution < -0.4 is 15.8 Å². The van der Waals surface area contributed by atoms with E-state index in [0.29, 0.717) is 5.56 Å². The molecule has 2 rings (SSSR count). The topological polar surface area (TPSA) is 67.5 Å². The van der Waals surface area contributed by atoms with Gasteiger partial charge in [-0.3, -0.25) is 0 Å². The number of rotatable bonds is 8. The maximum atomic E-state index is 12.7. The first-order chi connectivity index (χ1) is 13.5. The van der Waals surface area contributed by atoms with E-state index in [-0.39, 0.29) is 25.4 Å². The van der Waals surface area contributed by atoms with E-state index >= 15 is 0 Å². The lowest BCUT2D eigenvalue weighted by atomic mass is 10.1. The van der Waals surface area contributed by atoms with Crippen LogP contribution in [0.15, 0.2) is 48.5 Å². The molecule has 0 amide bonds. The van der Waals surface area contributed by atoms with Crippen molar-refractivity contribution in [2.45, 2.75) is 31.0 Å². The van der Waals surface area contributed by atoms with Crippen LogP contribution in [-0.2, 0) is 18.9 Å². The van der Waals surface area contributed by atoms with Gasteiger partial charge in [0.2, 0.25) is 0 Å². The van der Waals surface area contributed by atoms with Gasteiger partial charge in [-0.2, -0.15) is 26.3 Å². The summed E-state index contributed by atoms with van der Waals surface area (Å²) < 4.78 is 80.8. The van der Waals surface area contributed by atoms with Gasteiger partial charge in [0.25, 0.3) is 0 Å². The normalized spacial score (nSPS) is 14.5. The minimum Gasteiger partial charge on any atom is -0.492 e. The SMILES string of the molecule is NC(COc1ccc(C(F)(F)F)cc1)C(O)CNCc1cccc(C(F)(F)F)c1. The number of ether oxygens (including phenoxy) is 1. The molecule has 4 N–H and O–H groups in total. The third-order valence-electron chi connectivity index (χ3n) is 4.06. The maximum absolute atomic E-state index is 12.7. The van der Waals surface area contributed by atoms with Crippen molar-refractivity contribution >= 4 is 0 Å². The molecule has 0 aliphatic heterocycles. The van der Waals surface area contributed by atoms with Gasteiger partial charge in [-0.25, -0.2) is 0 Å². The molecule has 0 saturated heterocycles. The molecule has 0 spiro atoms. The van der Waals surface area contributed by atoms with Crippen molar-refractivity contribution in [1.82, 2.24) is 5.32 Å². The van der Waals surface area contributed by atoms with E-state index in [4.69, 9.17) is 10.5 Å². The van der Waals surface area contributed by atoms with E-state index < -0.39 is 35.6 Å². The van der Waals surface area contributed by atoms with Gasteiger partial charge in [-0.05, 0) is 35.9 Å². The van der Waals surface area contributed by atoms with Crippen molar-refractivity contribution in [3.8, 4) is 5.75 Å². The summed E-state index contributed by atoms with van der Waals surface area (Å²) in [7, 11) is 0. The first kappa shape index (κ1) is 23.0. The first-order valence-electron chi connectivity index (χ1n) is 8.57. The van der Waals surface area contributed by atoms with Crippen molar-refractivity contribution in [3.63, 3.8) is 0 Å². The third kappa shape index (κ3) is 7.22. The lowest BCUT2D eigenvalue weighted by Crippen LogP contribution is -2.45. The Balaban J connectivity index is 1.77. The Morgan fingerprint density at radius 2 is 1.55 bits per heavy atom. The van der Waals surface area contributed by atoms with Crippen molar-refractivity contribution in [1.29, 1.82) is 0 Å². The van der Waals surface area contributed by atoms with E-state index in [1.807, 2.05) is 0 Å². The summed E-state index contributed by atoms with van der Waals surface area (Å²) in [5.41, 5.74) is 4.59. The number of aliphatic hydroxyl groups is 1. The zero-order chi connectivity index (χ0) is 21.7. The molecule has 0 bridgehead atoms. The van der Waals surface area contributed by atoms with Crippen LogP contribution in [0.5, 0.6) is 5.75 Å². The number of nitrogens with two attached hydrogens (primary N) is 1. The Kier molecular flexibility index (Phi) is 7.50. The fraction of sp³-hybridized carbons (Fsp3) is 0.368. The van der Waals surface area contributed by atoms with E-state index in [9.17, 15) is 31.4 Å². The molecule has 4 nitrogen and oxygen atoms in total. The Hall–Kier alpha value is -2.30. The third-order valence-corrected chi connectivity index (χ3v) is 4.06. The number of hydrogen-bond acceptors (Lipinski definition) is 4. The summed E-state index contributed by atoms with van der Waals surface area (Å²) in [4.78, 5) is 0. The van der Waals surface area contributed by atoms with Crippen LogP contribution in [0.4, 0.5) is 26.3 Å². The van der Waals surface area contributed by atoms with Gasteiger partial charge in [-0.1, -0.05) is 18.2 Å². The Morgan fingerprint density at radius 1 is 0.931 bits per heavy atom. The van der Waals surface area contributed by atoms with Crippen LogP contribution in [0.2, 0.25) is 0 Å². The van der Waals surface area contributed by atoms with Crippen molar-refractivity contribution in [2.75, 3.05) is 13.2 Å². The van der Waals surface area contributed by atoms with Crippen molar-refractivity contribution < 1.29 is 36.2 Å². The molecule has 0 aromatic heterocycles. The monoisotopic (exact) mass is 422 g/mol. The van der Waals surface area contributed by atoms with Gasteiger partial charge in [0, 0.05) is 13.1 Å². The number of nitrogens with one attached hydrogen (secondary N) is 1. The quantitative estimate of drug-likeness (QED) is 0.569. The molecule has 2 atom stereocenters. The minimum absolute atomic E-state index is 0.00617. The summed E-state index contributed by atoms with van der Waals surface area (Å²) in [5.74, 6) is 0.164. The molecular weight excluding hydrogens is 402 g/mol. The summed E-state index contributed by atoms with van der Waals surface area (Å²) >= 11 is 0. The first-order valence-corrected chi connectivity index (χ1v) is 8.57. The molecule has 10 heteroatoms. The summed E-state index contributed by atoms with van der Waals surface area (Å²) in [6.07, 6.45) is -9.96. The van der Waals surface area contributed by atoms with E-state index in [0.717, 1.165) is 36.4 Å². The van der Waals surface area contributed by atoms with Gasteiger partial charge in [0.05, 0.1) is 23.3 Å². The highest BCUT2D eigenvalue weighted by molar-refractivity contribution is 5.29. The Labute approximate surface area is 163 Å². The molecule has 0 fully saturated rings. The molecule has 0 radical (unpaired) electrons. The van der Waals surface area contributed by atoms with E-state index in [2.05, 4.69) is 5.32 Å². The molecule has 2 aromatic carbocycles. The van der Waals surface area contributed by atoms with E-state index in [1.165, 1.54) is 12.1 Å². The fourth-order valence-electron chi connectivity index (χ4n) is 2.42. The van der Waals surface area contributed by atoms with Gasteiger partial charge in [0.15, 0.2) is 0 Å². The molecule has 0 heterocycles. The zero-order valence-electron chi connectivity index (χ0n) is 15.1. The molecule has 0 saturated carbocycles. The van der Waals surface area contributed by atoms with Crippen LogP contribution in [0.3, 0.4) is 0 Å². The number of hydrogen-bond donors (Lipinski definition) is 3. The van der Waals surface area contributed by atoms with Crippen LogP contribution in [0.25, 0.3) is 0 Å². The smallest absolute Gasteiger partial charge is 0.416 e. The highest BCUT2D eigenvalue weighted by atomic mass is 19.4. The van der Waals surface area contributed by atoms with Crippen LogP contribution in [0, 0.1) is 0 Å². The Morgan fingerprint density at radius 3 is 2.14 bits per heavy atom. The fourth-order valence-corrected chi connectivity index (χ4v) is 2.42. The molecule has 29 heavy (non-hydrogen) atoms. The summed E-state index contributed by atoms with van der Waals surface area (Å²) in [6.45, 7) is -0.0704. The standard InChI is InChI=1S/C19H20F6N2O2/c20-18(21,22)13-4-6-15(7-5-13)29-11-16(26)17(28)10-27-9-12-2-1-3-14(8-12)19(23,24)25/h1-8,16-17,27-28H,9-11,26H2. The number of halogens is 6. The number of benzene rings is 2. The van der Waals surface area contributed by atoms with Crippen LogP contribution in [-0.4, -0.2) is 30.4 Å². The lowest BCUT2D eigenvalue weighted by molar-refractivity contribution is -0.138. The molecule has 0 aliphatic rings. The van der Waals surface area contributed by atoms with Gasteiger partial charge in [-0.15, -0.1) is 0 Å². The van der Waals surface area contributed by atoms with Crippen molar-refractivity contribution in [3.05, 3.63) is 65.2 Å². The molecule has 2 aromatic rings. The van der Waals surface area contributed by atoms with Crippen molar-refractivity contribution in [2.24, 2.45) is 5.73 Å². The van der Waals surface area contributed by atoms with Gasteiger partial charge in [0.1, 0.15) is 12.4 Å². The highest BCUT2D eigenvalue weighted by Gasteiger charge is 2.31. The largest absolute Gasteiger partial charge is 0.492 e. The molecule has 2 unspecified atom stereocenters.